The molecule has 1 saturated heterocycles. The van der Waals surface area contributed by atoms with Gasteiger partial charge in [-0.15, -0.1) is 11.3 Å². The third-order valence-electron chi connectivity index (χ3n) is 4.47. The number of ether oxygens (including phenoxy) is 2. The quantitative estimate of drug-likeness (QED) is 0.604. The molecule has 7 nitrogen and oxygen atoms in total. The van der Waals surface area contributed by atoms with Gasteiger partial charge < -0.3 is 25.0 Å². The van der Waals surface area contributed by atoms with Crippen LogP contribution in [0.25, 0.3) is 0 Å². The van der Waals surface area contributed by atoms with E-state index in [0.29, 0.717) is 25.7 Å². The number of rotatable bonds is 5. The first-order valence-corrected chi connectivity index (χ1v) is 9.50. The van der Waals surface area contributed by atoms with Crippen LogP contribution in [0.1, 0.15) is 24.1 Å². The molecule has 138 valence electrons. The molecule has 0 radical (unpaired) electrons. The molecule has 1 unspecified atom stereocenters. The molecule has 1 aliphatic carbocycles. The summed E-state index contributed by atoms with van der Waals surface area (Å²) in [6, 6.07) is 4.32. The Kier molecular flexibility index (Phi) is 5.93. The van der Waals surface area contributed by atoms with Crippen LogP contribution < -0.4 is 10.6 Å². The maximum absolute atomic E-state index is 11.8. The molecule has 2 fully saturated rings. The van der Waals surface area contributed by atoms with Gasteiger partial charge in [-0.2, -0.15) is 0 Å². The Hall–Kier alpha value is -1.64. The third kappa shape index (κ3) is 4.93. The number of hydrogen-bond donors (Lipinski definition) is 2. The Labute approximate surface area is 152 Å². The predicted octanol–water partition coefficient (Wildman–Crippen LogP) is 1.17. The summed E-state index contributed by atoms with van der Waals surface area (Å²) in [5.74, 6) is 0.210. The lowest BCUT2D eigenvalue weighted by Gasteiger charge is -2.22. The topological polar surface area (TPSA) is 75.2 Å². The van der Waals surface area contributed by atoms with Crippen LogP contribution >= 0.6 is 11.3 Å². The number of aliphatic imine (C=N–C) groups is 1. The van der Waals surface area contributed by atoms with Crippen molar-refractivity contribution in [2.24, 2.45) is 4.99 Å². The van der Waals surface area contributed by atoms with Crippen LogP contribution in [0.4, 0.5) is 0 Å². The Morgan fingerprint density at radius 2 is 2.24 bits per heavy atom. The zero-order valence-electron chi connectivity index (χ0n) is 14.8. The van der Waals surface area contributed by atoms with Crippen molar-refractivity contribution in [2.75, 3.05) is 33.9 Å². The van der Waals surface area contributed by atoms with Crippen LogP contribution in [0, 0.1) is 0 Å². The van der Waals surface area contributed by atoms with Gasteiger partial charge in [-0.25, -0.2) is 4.99 Å². The third-order valence-corrected chi connectivity index (χ3v) is 5.34. The number of carbonyl (C=O) groups excluding carboxylic acids is 1. The molecule has 2 heterocycles. The van der Waals surface area contributed by atoms with E-state index in [-0.39, 0.29) is 18.5 Å². The number of carbonyl (C=O) groups is 1. The summed E-state index contributed by atoms with van der Waals surface area (Å²) in [5, 5.41) is 8.80. The lowest BCUT2D eigenvalue weighted by molar-refractivity contribution is -0.151. The molecular formula is C17H26N4O3S. The van der Waals surface area contributed by atoms with Gasteiger partial charge in [0.2, 0.25) is 5.91 Å². The average molecular weight is 366 g/mol. The van der Waals surface area contributed by atoms with E-state index in [9.17, 15) is 4.79 Å². The van der Waals surface area contributed by atoms with Crippen molar-refractivity contribution < 1.29 is 14.3 Å². The highest BCUT2D eigenvalue weighted by Crippen LogP contribution is 2.37. The summed E-state index contributed by atoms with van der Waals surface area (Å²) in [6.07, 6.45) is 2.65. The molecule has 2 N–H and O–H groups in total. The molecule has 8 heteroatoms. The number of nitrogens with zero attached hydrogens (tertiary/aromatic N) is 2. The largest absolute Gasteiger partial charge is 0.353 e. The van der Waals surface area contributed by atoms with Crippen molar-refractivity contribution in [3.05, 3.63) is 22.4 Å². The van der Waals surface area contributed by atoms with Crippen molar-refractivity contribution >= 4 is 23.2 Å². The van der Waals surface area contributed by atoms with Gasteiger partial charge in [0, 0.05) is 37.9 Å². The normalized spacial score (nSPS) is 22.3. The summed E-state index contributed by atoms with van der Waals surface area (Å²) in [5.41, 5.74) is 0. The zero-order valence-corrected chi connectivity index (χ0v) is 15.6. The molecule has 25 heavy (non-hydrogen) atoms. The fourth-order valence-corrected chi connectivity index (χ4v) is 3.72. The molecule has 1 aromatic heterocycles. The van der Waals surface area contributed by atoms with Gasteiger partial charge in [-0.05, 0) is 17.9 Å². The minimum Gasteiger partial charge on any atom is -0.353 e. The minimum atomic E-state index is -0.421. The molecule has 2 aliphatic rings. The molecule has 1 aromatic rings. The van der Waals surface area contributed by atoms with E-state index < -0.39 is 5.79 Å². The van der Waals surface area contributed by atoms with Crippen LogP contribution in [0.5, 0.6) is 0 Å². The number of hydrogen-bond acceptors (Lipinski definition) is 5. The first kappa shape index (κ1) is 18.2. The van der Waals surface area contributed by atoms with E-state index in [1.807, 2.05) is 11.4 Å². The molecule has 0 bridgehead atoms. The molecule has 1 amide bonds. The van der Waals surface area contributed by atoms with Gasteiger partial charge in [0.25, 0.3) is 0 Å². The molecule has 1 saturated carbocycles. The van der Waals surface area contributed by atoms with Crippen LogP contribution in [0.3, 0.4) is 0 Å². The average Bonchev–Trinajstić information content (AvgIpc) is 3.33. The van der Waals surface area contributed by atoms with E-state index in [2.05, 4.69) is 21.7 Å². The first-order valence-electron chi connectivity index (χ1n) is 8.62. The number of amides is 1. The Morgan fingerprint density at radius 1 is 1.44 bits per heavy atom. The summed E-state index contributed by atoms with van der Waals surface area (Å²) in [6.45, 7) is 2.14. The monoisotopic (exact) mass is 366 g/mol. The summed E-state index contributed by atoms with van der Waals surface area (Å²) >= 11 is 1.69. The van der Waals surface area contributed by atoms with Gasteiger partial charge in [0.1, 0.15) is 6.54 Å². The van der Waals surface area contributed by atoms with Crippen molar-refractivity contribution in [2.45, 2.75) is 37.6 Å². The van der Waals surface area contributed by atoms with Crippen LogP contribution in [-0.4, -0.2) is 62.4 Å². The summed E-state index contributed by atoms with van der Waals surface area (Å²) < 4.78 is 11.6. The predicted molar refractivity (Wildman–Crippen MR) is 97.6 cm³/mol. The van der Waals surface area contributed by atoms with Crippen LogP contribution in [0.2, 0.25) is 0 Å². The minimum absolute atomic E-state index is 0.0254. The highest BCUT2D eigenvalue weighted by Gasteiger charge is 2.44. The summed E-state index contributed by atoms with van der Waals surface area (Å²) in [7, 11) is 3.47. The van der Waals surface area contributed by atoms with Gasteiger partial charge in [0.05, 0.1) is 19.8 Å². The molecule has 1 aliphatic heterocycles. The second-order valence-electron chi connectivity index (χ2n) is 6.58. The van der Waals surface area contributed by atoms with E-state index in [1.165, 1.54) is 4.88 Å². The standard InChI is InChI=1S/C17H26N4O3S/c1-21(2)15(22)12-19-16(18-11-14-4-3-9-25-14)20-13-5-6-17(10-13)23-7-8-24-17/h3-4,9,13H,5-8,10-12H2,1-2H3,(H2,18,19,20). The number of nitrogens with one attached hydrogen (secondary N) is 2. The second-order valence-corrected chi connectivity index (χ2v) is 7.61. The van der Waals surface area contributed by atoms with Crippen LogP contribution in [0.15, 0.2) is 22.5 Å². The smallest absolute Gasteiger partial charge is 0.243 e. The second kappa shape index (κ2) is 8.16. The van der Waals surface area contributed by atoms with Crippen molar-refractivity contribution in [1.82, 2.24) is 15.5 Å². The van der Waals surface area contributed by atoms with Gasteiger partial charge >= 0.3 is 0 Å². The van der Waals surface area contributed by atoms with E-state index in [4.69, 9.17) is 9.47 Å². The van der Waals surface area contributed by atoms with E-state index >= 15 is 0 Å². The molecule has 1 atom stereocenters. The number of thiophene rings is 1. The van der Waals surface area contributed by atoms with E-state index in [0.717, 1.165) is 19.3 Å². The molecule has 1 spiro atoms. The maximum Gasteiger partial charge on any atom is 0.243 e. The maximum atomic E-state index is 11.8. The first-order chi connectivity index (χ1) is 12.1. The fraction of sp³-hybridized carbons (Fsp3) is 0.647. The molecule has 3 rings (SSSR count). The van der Waals surface area contributed by atoms with Gasteiger partial charge in [0.15, 0.2) is 11.7 Å². The Morgan fingerprint density at radius 3 is 2.92 bits per heavy atom. The van der Waals surface area contributed by atoms with E-state index in [1.54, 1.807) is 30.3 Å². The van der Waals surface area contributed by atoms with Crippen molar-refractivity contribution in [3.63, 3.8) is 0 Å². The van der Waals surface area contributed by atoms with Crippen molar-refractivity contribution in [3.8, 4) is 0 Å². The molecular weight excluding hydrogens is 340 g/mol. The highest BCUT2D eigenvalue weighted by molar-refractivity contribution is 7.09. The summed E-state index contributed by atoms with van der Waals surface area (Å²) in [4.78, 5) is 19.1. The Bertz CT molecular complexity index is 597. The van der Waals surface area contributed by atoms with Gasteiger partial charge in [-0.1, -0.05) is 6.07 Å². The van der Waals surface area contributed by atoms with Crippen molar-refractivity contribution in [1.29, 1.82) is 0 Å². The lowest BCUT2D eigenvalue weighted by atomic mass is 10.2. The Balaban J connectivity index is 1.59. The fourth-order valence-electron chi connectivity index (χ4n) is 3.07. The zero-order chi connectivity index (χ0) is 17.7. The number of likely N-dealkylation sites (N-methyl/N-ethyl adjacent to an activating group) is 1. The molecule has 0 aromatic carbocycles. The van der Waals surface area contributed by atoms with Crippen LogP contribution in [-0.2, 0) is 20.8 Å². The number of guanidine groups is 1. The van der Waals surface area contributed by atoms with Gasteiger partial charge in [-0.3, -0.25) is 4.79 Å². The lowest BCUT2D eigenvalue weighted by Crippen LogP contribution is -2.43. The SMILES string of the molecule is CN(C)C(=O)CN=C(NCc1cccs1)NC1CCC2(C1)OCCO2. The highest BCUT2D eigenvalue weighted by atomic mass is 32.1.